The van der Waals surface area contributed by atoms with Gasteiger partial charge in [-0.15, -0.1) is 0 Å². The molecule has 0 aliphatic carbocycles. The van der Waals surface area contributed by atoms with Gasteiger partial charge < -0.3 is 13.0 Å². The van der Waals surface area contributed by atoms with E-state index in [4.69, 9.17) is 13.0 Å². The number of rotatable bonds is 10. The molecule has 0 bridgehead atoms. The zero-order valence-electron chi connectivity index (χ0n) is 13.8. The summed E-state index contributed by atoms with van der Waals surface area (Å²) in [6, 6.07) is 0.986. The maximum absolute atomic E-state index is 10.9. The van der Waals surface area contributed by atoms with Crippen LogP contribution in [0.25, 0.3) is 0 Å². The molecule has 0 unspecified atom stereocenters. The Labute approximate surface area is 127 Å². The summed E-state index contributed by atoms with van der Waals surface area (Å²) in [6.45, 7) is 17.0. The van der Waals surface area contributed by atoms with Crippen molar-refractivity contribution >= 4 is 31.9 Å². The highest BCUT2D eigenvalue weighted by Gasteiger charge is 2.28. The summed E-state index contributed by atoms with van der Waals surface area (Å²) < 4.78 is 17.4. The average Bonchev–Trinajstić information content (AvgIpc) is 2.23. The lowest BCUT2D eigenvalue weighted by atomic mass is 10.4. The van der Waals surface area contributed by atoms with Crippen molar-refractivity contribution in [3.8, 4) is 0 Å². The zero-order valence-corrected chi connectivity index (χ0v) is 17.0. The lowest BCUT2D eigenvalue weighted by Crippen LogP contribution is -2.43. The molecule has 118 valence electrons. The fraction of sp³-hybridized carbons (Fsp3) is 0.769. The molecule has 20 heavy (non-hydrogen) atoms. The molecule has 7 heteroatoms. The van der Waals surface area contributed by atoms with E-state index in [0.717, 1.165) is 18.9 Å². The Morgan fingerprint density at radius 1 is 1.05 bits per heavy atom. The molecule has 0 aromatic carbocycles. The van der Waals surface area contributed by atoms with Crippen molar-refractivity contribution in [2.24, 2.45) is 0 Å². The standard InChI is InChI=1S/C13H30O4Si3/c1-8-13(14)15-11-9-10-12-18(16-19(2,3)4)17-20(5,6)7/h8,18H,1,9-12H2,2-7H3. The summed E-state index contributed by atoms with van der Waals surface area (Å²) in [7, 11) is -4.70. The number of hydrogen-bond acceptors (Lipinski definition) is 4. The Kier molecular flexibility index (Phi) is 8.84. The minimum Gasteiger partial charge on any atom is -0.463 e. The predicted octanol–water partition coefficient (Wildman–Crippen LogP) is 3.42. The van der Waals surface area contributed by atoms with Gasteiger partial charge in [0, 0.05) is 6.08 Å². The molecule has 0 heterocycles. The molecule has 0 aromatic rings. The normalized spacial score (nSPS) is 12.6. The maximum atomic E-state index is 10.9. The van der Waals surface area contributed by atoms with E-state index in [-0.39, 0.29) is 5.97 Å². The minimum absolute atomic E-state index is 0.351. The van der Waals surface area contributed by atoms with Gasteiger partial charge in [0.2, 0.25) is 0 Å². The molecule has 0 atom stereocenters. The Bertz CT molecular complexity index is 292. The van der Waals surface area contributed by atoms with Gasteiger partial charge in [0.25, 0.3) is 0 Å². The first-order valence-corrected chi connectivity index (χ1v) is 15.8. The van der Waals surface area contributed by atoms with Crippen molar-refractivity contribution in [2.75, 3.05) is 6.61 Å². The fourth-order valence-electron chi connectivity index (χ4n) is 1.58. The molecule has 0 aliphatic rings. The largest absolute Gasteiger partial charge is 0.463 e. The molecule has 0 radical (unpaired) electrons. The smallest absolute Gasteiger partial charge is 0.330 e. The molecule has 0 rings (SSSR count). The summed E-state index contributed by atoms with van der Waals surface area (Å²) in [5, 5.41) is 0. The quantitative estimate of drug-likeness (QED) is 0.266. The van der Waals surface area contributed by atoms with Crippen LogP contribution in [0.1, 0.15) is 12.8 Å². The van der Waals surface area contributed by atoms with Crippen molar-refractivity contribution in [3.63, 3.8) is 0 Å². The van der Waals surface area contributed by atoms with Gasteiger partial charge in [-0.05, 0) is 58.2 Å². The number of unbranched alkanes of at least 4 members (excludes halogenated alkanes) is 1. The second kappa shape index (κ2) is 8.93. The molecular weight excluding hydrogens is 304 g/mol. The van der Waals surface area contributed by atoms with E-state index in [0.29, 0.717) is 6.61 Å². The Morgan fingerprint density at radius 2 is 1.55 bits per heavy atom. The summed E-state index contributed by atoms with van der Waals surface area (Å²) in [5.41, 5.74) is 0. The molecule has 0 saturated carbocycles. The summed E-state index contributed by atoms with van der Waals surface area (Å²) in [4.78, 5) is 10.9. The number of ether oxygens (including phenoxy) is 1. The third kappa shape index (κ3) is 12.8. The van der Waals surface area contributed by atoms with Crippen molar-refractivity contribution in [1.82, 2.24) is 0 Å². The van der Waals surface area contributed by atoms with Gasteiger partial charge in [0.05, 0.1) is 6.61 Å². The highest BCUT2D eigenvalue weighted by molar-refractivity contribution is 6.81. The lowest BCUT2D eigenvalue weighted by molar-refractivity contribution is -0.137. The van der Waals surface area contributed by atoms with Gasteiger partial charge in [0.15, 0.2) is 16.6 Å². The Morgan fingerprint density at radius 3 is 1.95 bits per heavy atom. The first-order chi connectivity index (χ1) is 9.03. The topological polar surface area (TPSA) is 44.8 Å². The van der Waals surface area contributed by atoms with Crippen LogP contribution < -0.4 is 0 Å². The van der Waals surface area contributed by atoms with E-state index < -0.39 is 25.9 Å². The SMILES string of the molecule is C=CC(=O)OCCCC[SiH](O[Si](C)(C)C)O[Si](C)(C)C. The first kappa shape index (κ1) is 19.8. The molecule has 0 N–H and O–H groups in total. The van der Waals surface area contributed by atoms with Gasteiger partial charge in [-0.2, -0.15) is 0 Å². The van der Waals surface area contributed by atoms with Crippen LogP contribution in [0.5, 0.6) is 0 Å². The number of hydrogen-bond donors (Lipinski definition) is 0. The van der Waals surface area contributed by atoms with Crippen LogP contribution in [-0.2, 0) is 17.8 Å². The zero-order chi connectivity index (χ0) is 15.8. The molecule has 0 amide bonds. The van der Waals surface area contributed by atoms with E-state index in [1.54, 1.807) is 0 Å². The van der Waals surface area contributed by atoms with Crippen molar-refractivity contribution in [1.29, 1.82) is 0 Å². The van der Waals surface area contributed by atoms with Crippen LogP contribution in [0.4, 0.5) is 0 Å². The molecule has 0 aromatic heterocycles. The number of carbonyl (C=O) groups excluding carboxylic acids is 1. The van der Waals surface area contributed by atoms with Crippen molar-refractivity contribution in [2.45, 2.75) is 58.2 Å². The number of carbonyl (C=O) groups is 1. The Balaban J connectivity index is 4.10. The van der Waals surface area contributed by atoms with Crippen molar-refractivity contribution in [3.05, 3.63) is 12.7 Å². The van der Waals surface area contributed by atoms with Crippen LogP contribution in [0.15, 0.2) is 12.7 Å². The van der Waals surface area contributed by atoms with Crippen molar-refractivity contribution < 1.29 is 17.8 Å². The van der Waals surface area contributed by atoms with Gasteiger partial charge in [0.1, 0.15) is 0 Å². The van der Waals surface area contributed by atoms with Crippen LogP contribution in [-0.4, -0.2) is 38.5 Å². The molecule has 0 spiro atoms. The first-order valence-electron chi connectivity index (χ1n) is 7.18. The minimum atomic E-state index is -1.60. The van der Waals surface area contributed by atoms with E-state index in [9.17, 15) is 4.79 Å². The second-order valence-electron chi connectivity index (χ2n) is 6.76. The molecule has 4 nitrogen and oxygen atoms in total. The van der Waals surface area contributed by atoms with E-state index in [2.05, 4.69) is 45.9 Å². The van der Waals surface area contributed by atoms with E-state index in [1.165, 1.54) is 6.08 Å². The molecule has 0 saturated heterocycles. The van der Waals surface area contributed by atoms with Crippen LogP contribution in [0.3, 0.4) is 0 Å². The van der Waals surface area contributed by atoms with Crippen LogP contribution in [0, 0.1) is 0 Å². The van der Waals surface area contributed by atoms with Gasteiger partial charge in [-0.25, -0.2) is 4.79 Å². The second-order valence-corrected chi connectivity index (χ2v) is 18.5. The van der Waals surface area contributed by atoms with E-state index >= 15 is 0 Å². The van der Waals surface area contributed by atoms with E-state index in [1.807, 2.05) is 0 Å². The predicted molar refractivity (Wildman–Crippen MR) is 91.2 cm³/mol. The average molecular weight is 335 g/mol. The third-order valence-electron chi connectivity index (χ3n) is 2.22. The third-order valence-corrected chi connectivity index (χ3v) is 10.9. The summed E-state index contributed by atoms with van der Waals surface area (Å²) in [6.07, 6.45) is 3.03. The summed E-state index contributed by atoms with van der Waals surface area (Å²) in [5.74, 6) is -0.351. The highest BCUT2D eigenvalue weighted by Crippen LogP contribution is 2.16. The van der Waals surface area contributed by atoms with Crippen LogP contribution >= 0.6 is 0 Å². The fourth-order valence-corrected chi connectivity index (χ4v) is 10.1. The molecular formula is C13H30O4Si3. The molecule has 0 aliphatic heterocycles. The number of esters is 1. The van der Waals surface area contributed by atoms with Gasteiger partial charge >= 0.3 is 15.3 Å². The summed E-state index contributed by atoms with van der Waals surface area (Å²) >= 11 is 0. The molecule has 0 fully saturated rings. The Hall–Kier alpha value is -0.219. The van der Waals surface area contributed by atoms with Crippen LogP contribution in [0.2, 0.25) is 45.3 Å². The lowest BCUT2D eigenvalue weighted by Gasteiger charge is -2.30. The van der Waals surface area contributed by atoms with Gasteiger partial charge in [-0.3, -0.25) is 0 Å². The highest BCUT2D eigenvalue weighted by atomic mass is 28.4. The van der Waals surface area contributed by atoms with Gasteiger partial charge in [-0.1, -0.05) is 6.58 Å². The maximum Gasteiger partial charge on any atom is 0.330 e. The monoisotopic (exact) mass is 334 g/mol.